The molecule has 0 aliphatic carbocycles. The Morgan fingerprint density at radius 2 is 2.00 bits per heavy atom. The maximum absolute atomic E-state index is 11.8. The molecule has 1 aromatic heterocycles. The van der Waals surface area contributed by atoms with Crippen LogP contribution in [0.1, 0.15) is 17.2 Å². The van der Waals surface area contributed by atoms with Crippen LogP contribution in [-0.2, 0) is 4.79 Å². The lowest BCUT2D eigenvalue weighted by Crippen LogP contribution is -2.37. The monoisotopic (exact) mass is 214 g/mol. The van der Waals surface area contributed by atoms with E-state index in [4.69, 9.17) is 4.84 Å². The Labute approximate surface area is 92.2 Å². The van der Waals surface area contributed by atoms with Crippen molar-refractivity contribution in [3.63, 3.8) is 0 Å². The molecule has 1 aliphatic rings. The smallest absolute Gasteiger partial charge is 0.266 e. The predicted octanol–water partition coefficient (Wildman–Crippen LogP) is 1.57. The lowest BCUT2D eigenvalue weighted by atomic mass is 9.93. The molecule has 0 radical (unpaired) electrons. The molecule has 0 fully saturated rings. The average Bonchev–Trinajstić information content (AvgIpc) is 2.82. The normalized spacial score (nSPS) is 18.5. The Bertz CT molecular complexity index is 520. The minimum absolute atomic E-state index is 0.152. The van der Waals surface area contributed by atoms with E-state index in [2.05, 4.69) is 10.5 Å². The van der Waals surface area contributed by atoms with Gasteiger partial charge in [0.2, 0.25) is 0 Å². The number of carbonyl (C=O) groups excluding carboxylic acids is 1. The highest BCUT2D eigenvalue weighted by Gasteiger charge is 2.30. The highest BCUT2D eigenvalue weighted by molar-refractivity contribution is 5.88. The Kier molecular flexibility index (Phi) is 1.93. The molecule has 3 rings (SSSR count). The first-order valence-corrected chi connectivity index (χ1v) is 5.05. The number of amides is 1. The van der Waals surface area contributed by atoms with Gasteiger partial charge in [0.05, 0.1) is 0 Å². The maximum atomic E-state index is 11.8. The van der Waals surface area contributed by atoms with Crippen molar-refractivity contribution in [3.05, 3.63) is 53.9 Å². The molecule has 80 valence electrons. The van der Waals surface area contributed by atoms with E-state index in [-0.39, 0.29) is 11.8 Å². The summed E-state index contributed by atoms with van der Waals surface area (Å²) < 4.78 is 0. The van der Waals surface area contributed by atoms with Gasteiger partial charge in [-0.15, -0.1) is 0 Å². The van der Waals surface area contributed by atoms with E-state index in [1.807, 2.05) is 36.4 Å². The van der Waals surface area contributed by atoms with Crippen LogP contribution in [0, 0.1) is 0 Å². The van der Waals surface area contributed by atoms with Crippen LogP contribution < -0.4 is 10.3 Å². The summed E-state index contributed by atoms with van der Waals surface area (Å²) in [5.41, 5.74) is 4.17. The highest BCUT2D eigenvalue weighted by atomic mass is 16.7. The Hall–Kier alpha value is -2.23. The molecule has 1 aromatic carbocycles. The molecule has 4 heteroatoms. The zero-order valence-electron chi connectivity index (χ0n) is 8.44. The van der Waals surface area contributed by atoms with Gasteiger partial charge in [-0.1, -0.05) is 18.2 Å². The summed E-state index contributed by atoms with van der Waals surface area (Å²) in [7, 11) is 0. The summed E-state index contributed by atoms with van der Waals surface area (Å²) in [6.45, 7) is 0. The fourth-order valence-electron chi connectivity index (χ4n) is 1.95. The minimum atomic E-state index is -0.319. The second kappa shape index (κ2) is 3.41. The standard InChI is InChI=1S/C12H10N2O2/c15-12-11(9-5-3-7-13-9)8-4-1-2-6-10(8)16-14-12/h1-7,11,13H,(H,14,15). The number of hydrogen-bond acceptors (Lipinski definition) is 2. The van der Waals surface area contributed by atoms with Gasteiger partial charge in [-0.3, -0.25) is 4.79 Å². The van der Waals surface area contributed by atoms with Crippen LogP contribution in [0.3, 0.4) is 0 Å². The summed E-state index contributed by atoms with van der Waals surface area (Å²) >= 11 is 0. The lowest BCUT2D eigenvalue weighted by molar-refractivity contribution is -0.129. The van der Waals surface area contributed by atoms with E-state index in [0.717, 1.165) is 11.3 Å². The molecule has 2 aromatic rings. The number of benzene rings is 1. The van der Waals surface area contributed by atoms with E-state index in [1.54, 1.807) is 6.20 Å². The van der Waals surface area contributed by atoms with Gasteiger partial charge in [-0.2, -0.15) is 5.48 Å². The van der Waals surface area contributed by atoms with Crippen molar-refractivity contribution in [1.29, 1.82) is 0 Å². The first-order chi connectivity index (χ1) is 7.86. The third-order valence-corrected chi connectivity index (χ3v) is 2.69. The fraction of sp³-hybridized carbons (Fsp3) is 0.0833. The molecule has 16 heavy (non-hydrogen) atoms. The number of para-hydroxylation sites is 1. The molecule has 1 aliphatic heterocycles. The summed E-state index contributed by atoms with van der Waals surface area (Å²) in [6, 6.07) is 11.3. The Morgan fingerprint density at radius 3 is 2.81 bits per heavy atom. The molecular weight excluding hydrogens is 204 g/mol. The van der Waals surface area contributed by atoms with Gasteiger partial charge in [-0.25, -0.2) is 0 Å². The van der Waals surface area contributed by atoms with Crippen molar-refractivity contribution in [1.82, 2.24) is 10.5 Å². The SMILES string of the molecule is O=C1NOc2ccccc2C1c1ccc[nH]1. The molecule has 1 unspecified atom stereocenters. The quantitative estimate of drug-likeness (QED) is 0.757. The average molecular weight is 214 g/mol. The number of aromatic nitrogens is 1. The van der Waals surface area contributed by atoms with Gasteiger partial charge >= 0.3 is 0 Å². The molecule has 0 bridgehead atoms. The Morgan fingerprint density at radius 1 is 1.12 bits per heavy atom. The molecule has 1 atom stereocenters. The first-order valence-electron chi connectivity index (χ1n) is 5.05. The molecule has 0 saturated heterocycles. The van der Waals surface area contributed by atoms with Crippen molar-refractivity contribution in [2.45, 2.75) is 5.92 Å². The zero-order chi connectivity index (χ0) is 11.0. The van der Waals surface area contributed by atoms with E-state index in [0.29, 0.717) is 5.75 Å². The van der Waals surface area contributed by atoms with Gasteiger partial charge in [0.1, 0.15) is 5.92 Å². The van der Waals surface area contributed by atoms with Crippen LogP contribution in [0.2, 0.25) is 0 Å². The van der Waals surface area contributed by atoms with E-state index in [9.17, 15) is 4.79 Å². The number of hydrogen-bond donors (Lipinski definition) is 2. The third kappa shape index (κ3) is 1.27. The van der Waals surface area contributed by atoms with Crippen molar-refractivity contribution in [3.8, 4) is 5.75 Å². The summed E-state index contributed by atoms with van der Waals surface area (Å²) in [5.74, 6) is 0.225. The number of aromatic amines is 1. The van der Waals surface area contributed by atoms with E-state index >= 15 is 0 Å². The van der Waals surface area contributed by atoms with Crippen molar-refractivity contribution >= 4 is 5.91 Å². The molecule has 2 N–H and O–H groups in total. The molecule has 0 spiro atoms. The Balaban J connectivity index is 2.14. The first kappa shape index (κ1) is 9.03. The summed E-state index contributed by atoms with van der Waals surface area (Å²) in [5, 5.41) is 0. The predicted molar refractivity (Wildman–Crippen MR) is 57.8 cm³/mol. The second-order valence-corrected chi connectivity index (χ2v) is 3.66. The van der Waals surface area contributed by atoms with Gasteiger partial charge in [0, 0.05) is 17.5 Å². The molecule has 4 nitrogen and oxygen atoms in total. The number of H-pyrrole nitrogens is 1. The lowest BCUT2D eigenvalue weighted by Gasteiger charge is -2.24. The third-order valence-electron chi connectivity index (χ3n) is 2.69. The van der Waals surface area contributed by atoms with Crippen LogP contribution in [0.4, 0.5) is 0 Å². The van der Waals surface area contributed by atoms with E-state index in [1.165, 1.54) is 0 Å². The van der Waals surface area contributed by atoms with Gasteiger partial charge in [0.15, 0.2) is 5.75 Å². The highest BCUT2D eigenvalue weighted by Crippen LogP contribution is 2.33. The van der Waals surface area contributed by atoms with Crippen molar-refractivity contribution < 1.29 is 9.63 Å². The van der Waals surface area contributed by atoms with Crippen LogP contribution >= 0.6 is 0 Å². The van der Waals surface area contributed by atoms with Crippen LogP contribution in [0.5, 0.6) is 5.75 Å². The summed E-state index contributed by atoms with van der Waals surface area (Å²) in [4.78, 5) is 20.0. The van der Waals surface area contributed by atoms with Crippen molar-refractivity contribution in [2.75, 3.05) is 0 Å². The fourth-order valence-corrected chi connectivity index (χ4v) is 1.95. The summed E-state index contributed by atoms with van der Waals surface area (Å²) in [6.07, 6.45) is 1.81. The van der Waals surface area contributed by atoms with Crippen LogP contribution in [0.25, 0.3) is 0 Å². The van der Waals surface area contributed by atoms with E-state index < -0.39 is 0 Å². The van der Waals surface area contributed by atoms with Gasteiger partial charge in [0.25, 0.3) is 5.91 Å². The topological polar surface area (TPSA) is 54.1 Å². The number of fused-ring (bicyclic) bond motifs is 1. The van der Waals surface area contributed by atoms with Gasteiger partial charge in [-0.05, 0) is 18.2 Å². The number of hydroxylamine groups is 1. The minimum Gasteiger partial charge on any atom is -0.379 e. The van der Waals surface area contributed by atoms with Crippen LogP contribution in [0.15, 0.2) is 42.6 Å². The largest absolute Gasteiger partial charge is 0.379 e. The molecule has 1 amide bonds. The molecule has 2 heterocycles. The second-order valence-electron chi connectivity index (χ2n) is 3.66. The number of carbonyl (C=O) groups is 1. The number of nitrogens with one attached hydrogen (secondary N) is 2. The molecule has 0 saturated carbocycles. The van der Waals surface area contributed by atoms with Crippen molar-refractivity contribution in [2.24, 2.45) is 0 Å². The number of rotatable bonds is 1. The molecular formula is C12H10N2O2. The van der Waals surface area contributed by atoms with Crippen LogP contribution in [-0.4, -0.2) is 10.9 Å². The maximum Gasteiger partial charge on any atom is 0.266 e. The zero-order valence-corrected chi connectivity index (χ0v) is 8.44. The van der Waals surface area contributed by atoms with Gasteiger partial charge < -0.3 is 9.82 Å².